The second kappa shape index (κ2) is 3.34. The number of aliphatic carboxylic acids is 1. The fourth-order valence-electron chi connectivity index (χ4n) is 0.170. The quantitative estimate of drug-likeness (QED) is 0.792. The molecule has 0 fully saturated rings. The molecule has 0 radical (unpaired) electrons. The summed E-state index contributed by atoms with van der Waals surface area (Å²) < 4.78 is -1.04. The van der Waals surface area contributed by atoms with Crippen LogP contribution in [0.3, 0.4) is 0 Å². The maximum absolute atomic E-state index is 10.3. The third-order valence-corrected chi connectivity index (χ3v) is 4.75. The lowest BCUT2D eigenvalue weighted by Crippen LogP contribution is -2.32. The zero-order chi connectivity index (χ0) is 7.65. The second-order valence-corrected chi connectivity index (χ2v) is 6.48. The number of rotatable bonds is 2. The van der Waals surface area contributed by atoms with Crippen molar-refractivity contribution in [2.45, 2.75) is 15.0 Å². The van der Waals surface area contributed by atoms with Crippen LogP contribution >= 0.6 is 47.8 Å². The first-order chi connectivity index (χ1) is 3.89. The van der Waals surface area contributed by atoms with E-state index in [1.807, 2.05) is 0 Å². The van der Waals surface area contributed by atoms with Gasteiger partial charge in [0.05, 0.1) is 0 Å². The number of carboxylic acid groups (broad SMARTS) is 1. The van der Waals surface area contributed by atoms with E-state index in [1.54, 1.807) is 6.92 Å². The van der Waals surface area contributed by atoms with Crippen molar-refractivity contribution in [2.24, 2.45) is 0 Å². The largest absolute Gasteiger partial charge is 0.480 e. The smallest absolute Gasteiger partial charge is 0.332 e. The SMILES string of the molecule is CC(Br)C(Br)(Br)C(=O)O. The molecule has 0 saturated heterocycles. The number of alkyl halides is 3. The van der Waals surface area contributed by atoms with E-state index in [0.29, 0.717) is 0 Å². The second-order valence-electron chi connectivity index (χ2n) is 1.54. The Hall–Kier alpha value is 0.910. The third-order valence-electron chi connectivity index (χ3n) is 0.785. The molecule has 1 N–H and O–H groups in total. The molecular weight excluding hydrogens is 320 g/mol. The highest BCUT2D eigenvalue weighted by atomic mass is 79.9. The summed E-state index contributed by atoms with van der Waals surface area (Å²) in [5.74, 6) is -0.938. The van der Waals surface area contributed by atoms with Gasteiger partial charge in [0.2, 0.25) is 0 Å². The molecule has 0 saturated carbocycles. The minimum Gasteiger partial charge on any atom is -0.480 e. The Bertz CT molecular complexity index is 121. The van der Waals surface area contributed by atoms with Crippen molar-refractivity contribution in [1.82, 2.24) is 0 Å². The van der Waals surface area contributed by atoms with Crippen LogP contribution in [-0.2, 0) is 4.79 Å². The molecule has 0 bridgehead atoms. The molecule has 0 aromatic carbocycles. The molecule has 1 atom stereocenters. The van der Waals surface area contributed by atoms with E-state index in [2.05, 4.69) is 47.8 Å². The summed E-state index contributed by atoms with van der Waals surface area (Å²) in [7, 11) is 0. The first-order valence-corrected chi connectivity index (χ1v) is 4.64. The number of carboxylic acids is 1. The number of hydrogen-bond donors (Lipinski definition) is 1. The van der Waals surface area contributed by atoms with Gasteiger partial charge in [-0.1, -0.05) is 47.8 Å². The summed E-state index contributed by atoms with van der Waals surface area (Å²) in [5, 5.41) is 8.49. The van der Waals surface area contributed by atoms with Gasteiger partial charge in [0.1, 0.15) is 0 Å². The predicted molar refractivity (Wildman–Crippen MR) is 46.6 cm³/mol. The van der Waals surface area contributed by atoms with E-state index in [-0.39, 0.29) is 4.83 Å². The molecule has 0 aliphatic heterocycles. The fraction of sp³-hybridized carbons (Fsp3) is 0.750. The molecule has 0 amide bonds. The molecule has 0 aromatic rings. The van der Waals surface area contributed by atoms with Gasteiger partial charge >= 0.3 is 5.97 Å². The summed E-state index contributed by atoms with van der Waals surface area (Å²) in [6.45, 7) is 1.73. The molecule has 0 heterocycles. The fourth-order valence-corrected chi connectivity index (χ4v) is 0.366. The van der Waals surface area contributed by atoms with Crippen LogP contribution in [0.25, 0.3) is 0 Å². The Labute approximate surface area is 78.4 Å². The zero-order valence-corrected chi connectivity index (χ0v) is 9.32. The highest BCUT2D eigenvalue weighted by Crippen LogP contribution is 2.34. The number of hydrogen-bond acceptors (Lipinski definition) is 1. The van der Waals surface area contributed by atoms with E-state index in [0.717, 1.165) is 0 Å². The van der Waals surface area contributed by atoms with Crippen LogP contribution < -0.4 is 0 Å². The van der Waals surface area contributed by atoms with Gasteiger partial charge in [-0.25, -0.2) is 4.79 Å². The molecule has 0 aromatic heterocycles. The highest BCUT2D eigenvalue weighted by molar-refractivity contribution is 9.26. The van der Waals surface area contributed by atoms with Gasteiger partial charge < -0.3 is 5.11 Å². The topological polar surface area (TPSA) is 37.3 Å². The Morgan fingerprint density at radius 2 is 2.00 bits per heavy atom. The minimum atomic E-state index is -1.04. The summed E-state index contributed by atoms with van der Waals surface area (Å²) >= 11 is 9.08. The van der Waals surface area contributed by atoms with Gasteiger partial charge in [0, 0.05) is 4.83 Å². The van der Waals surface area contributed by atoms with E-state index >= 15 is 0 Å². The van der Waals surface area contributed by atoms with Crippen LogP contribution in [0.15, 0.2) is 0 Å². The molecule has 54 valence electrons. The van der Waals surface area contributed by atoms with E-state index in [1.165, 1.54) is 0 Å². The van der Waals surface area contributed by atoms with Crippen LogP contribution in [0.2, 0.25) is 0 Å². The van der Waals surface area contributed by atoms with Crippen molar-refractivity contribution in [3.63, 3.8) is 0 Å². The van der Waals surface area contributed by atoms with E-state index < -0.39 is 9.20 Å². The van der Waals surface area contributed by atoms with Gasteiger partial charge in [-0.3, -0.25) is 0 Å². The van der Waals surface area contributed by atoms with Crippen molar-refractivity contribution < 1.29 is 9.90 Å². The van der Waals surface area contributed by atoms with Crippen molar-refractivity contribution >= 4 is 53.8 Å². The van der Waals surface area contributed by atoms with Crippen LogP contribution in [0.1, 0.15) is 6.92 Å². The summed E-state index contributed by atoms with van der Waals surface area (Å²) in [6, 6.07) is 0. The highest BCUT2D eigenvalue weighted by Gasteiger charge is 2.36. The lowest BCUT2D eigenvalue weighted by molar-refractivity contribution is -0.136. The van der Waals surface area contributed by atoms with Crippen LogP contribution in [0, 0.1) is 0 Å². The average molecular weight is 325 g/mol. The number of halogens is 3. The van der Waals surface area contributed by atoms with Crippen LogP contribution in [0.4, 0.5) is 0 Å². The molecule has 2 nitrogen and oxygen atoms in total. The van der Waals surface area contributed by atoms with Crippen molar-refractivity contribution in [3.05, 3.63) is 0 Å². The maximum Gasteiger partial charge on any atom is 0.332 e. The number of carbonyl (C=O) groups is 1. The van der Waals surface area contributed by atoms with Crippen molar-refractivity contribution in [2.75, 3.05) is 0 Å². The average Bonchev–Trinajstić information content (AvgIpc) is 1.65. The maximum atomic E-state index is 10.3. The van der Waals surface area contributed by atoms with Gasteiger partial charge in [0.15, 0.2) is 3.23 Å². The van der Waals surface area contributed by atoms with Crippen LogP contribution in [0.5, 0.6) is 0 Å². The standard InChI is InChI=1S/C4H5Br3O2/c1-2(5)4(6,7)3(8)9/h2H,1H3,(H,8,9). The van der Waals surface area contributed by atoms with Gasteiger partial charge in [0.25, 0.3) is 0 Å². The predicted octanol–water partition coefficient (Wildman–Crippen LogP) is 2.34. The third kappa shape index (κ3) is 2.55. The first-order valence-electron chi connectivity index (χ1n) is 2.14. The Morgan fingerprint density at radius 3 is 2.00 bits per heavy atom. The van der Waals surface area contributed by atoms with E-state index in [9.17, 15) is 4.79 Å². The monoisotopic (exact) mass is 322 g/mol. The molecule has 9 heavy (non-hydrogen) atoms. The van der Waals surface area contributed by atoms with Gasteiger partial charge in [-0.15, -0.1) is 0 Å². The van der Waals surface area contributed by atoms with Crippen molar-refractivity contribution in [1.29, 1.82) is 0 Å². The summed E-state index contributed by atoms with van der Waals surface area (Å²) in [4.78, 5) is 10.2. The molecular formula is C4H5Br3O2. The van der Waals surface area contributed by atoms with Crippen LogP contribution in [-0.4, -0.2) is 19.1 Å². The molecule has 5 heteroatoms. The molecule has 0 aliphatic rings. The Kier molecular flexibility index (Phi) is 3.68. The Morgan fingerprint density at radius 1 is 1.67 bits per heavy atom. The van der Waals surface area contributed by atoms with Gasteiger partial charge in [-0.2, -0.15) is 0 Å². The molecule has 0 aliphatic carbocycles. The lowest BCUT2D eigenvalue weighted by Gasteiger charge is -2.16. The first kappa shape index (κ1) is 9.91. The van der Waals surface area contributed by atoms with Crippen molar-refractivity contribution in [3.8, 4) is 0 Å². The normalized spacial score (nSPS) is 15.1. The van der Waals surface area contributed by atoms with E-state index in [4.69, 9.17) is 5.11 Å². The van der Waals surface area contributed by atoms with Gasteiger partial charge in [-0.05, 0) is 6.92 Å². The molecule has 0 rings (SSSR count). The minimum absolute atomic E-state index is 0.164. The summed E-state index contributed by atoms with van der Waals surface area (Å²) in [5.41, 5.74) is 0. The molecule has 1 unspecified atom stereocenters. The lowest BCUT2D eigenvalue weighted by atomic mass is 10.3. The Balaban J connectivity index is 4.19. The zero-order valence-electron chi connectivity index (χ0n) is 4.57. The molecule has 0 spiro atoms. The summed E-state index contributed by atoms with van der Waals surface area (Å²) in [6.07, 6.45) is 0.